The van der Waals surface area contributed by atoms with E-state index < -0.39 is 36.6 Å². The van der Waals surface area contributed by atoms with Gasteiger partial charge in [0.15, 0.2) is 0 Å². The Bertz CT molecular complexity index is 1010. The van der Waals surface area contributed by atoms with Crippen molar-refractivity contribution in [3.8, 4) is 11.5 Å². The molecule has 0 aliphatic heterocycles. The van der Waals surface area contributed by atoms with Gasteiger partial charge in [0.1, 0.15) is 11.5 Å². The second kappa shape index (κ2) is 11.3. The number of hydrogen-bond acceptors (Lipinski definition) is 5. The van der Waals surface area contributed by atoms with Crippen LogP contribution in [0.2, 0.25) is 0 Å². The summed E-state index contributed by atoms with van der Waals surface area (Å²) in [6.45, 7) is 0. The third-order valence-corrected chi connectivity index (χ3v) is 3.54. The number of alkyl halides is 8. The summed E-state index contributed by atoms with van der Waals surface area (Å²) in [7, 11) is 0. The van der Waals surface area contributed by atoms with Crippen molar-refractivity contribution in [2.24, 2.45) is 21.0 Å². The lowest BCUT2D eigenvalue weighted by molar-refractivity contribution is -0.253. The van der Waals surface area contributed by atoms with Crippen molar-refractivity contribution in [3.05, 3.63) is 59.7 Å². The summed E-state index contributed by atoms with van der Waals surface area (Å²) in [6.07, 6.45) is -14.8. The van der Waals surface area contributed by atoms with E-state index in [2.05, 4.69) is 30.2 Å². The average Bonchev–Trinajstić information content (AvgIpc) is 2.75. The lowest BCUT2D eigenvalue weighted by atomic mass is 10.2. The van der Waals surface area contributed by atoms with Crippen LogP contribution in [0.15, 0.2) is 63.8 Å². The summed E-state index contributed by atoms with van der Waals surface area (Å²) < 4.78 is 108. The van der Waals surface area contributed by atoms with E-state index in [1.807, 2.05) is 0 Å². The Morgan fingerprint density at radius 1 is 0.765 bits per heavy atom. The van der Waals surface area contributed by atoms with E-state index in [1.54, 1.807) is 0 Å². The van der Waals surface area contributed by atoms with E-state index >= 15 is 0 Å². The molecule has 0 amide bonds. The maximum atomic E-state index is 12.8. The molecule has 0 heterocycles. The van der Waals surface area contributed by atoms with E-state index in [-0.39, 0.29) is 5.96 Å². The largest absolute Gasteiger partial charge is 0.461 e. The number of halogens is 8. The highest BCUT2D eigenvalue weighted by Crippen LogP contribution is 2.28. The molecule has 2 aromatic rings. The van der Waals surface area contributed by atoms with Crippen LogP contribution in [0.5, 0.6) is 11.5 Å². The molecule has 0 saturated carbocycles. The molecular weight excluding hydrogens is 482 g/mol. The first-order valence-corrected chi connectivity index (χ1v) is 8.95. The van der Waals surface area contributed by atoms with Crippen LogP contribution in [-0.4, -0.2) is 43.5 Å². The third kappa shape index (κ3) is 8.22. The lowest BCUT2D eigenvalue weighted by Gasteiger charge is -2.16. The predicted molar refractivity (Wildman–Crippen MR) is 106 cm³/mol. The molecule has 15 heteroatoms. The van der Waals surface area contributed by atoms with Crippen LogP contribution in [0.25, 0.3) is 0 Å². The summed E-state index contributed by atoms with van der Waals surface area (Å²) in [4.78, 5) is 0. The normalized spacial score (nSPS) is 13.3. The Morgan fingerprint density at radius 2 is 1.18 bits per heavy atom. The molecule has 3 N–H and O–H groups in total. The average molecular weight is 497 g/mol. The fourth-order valence-electron chi connectivity index (χ4n) is 2.00. The second-order valence-corrected chi connectivity index (χ2v) is 6.17. The summed E-state index contributed by atoms with van der Waals surface area (Å²) in [5, 5.41) is 10.8. The molecule has 0 aliphatic rings. The van der Waals surface area contributed by atoms with E-state index in [4.69, 9.17) is 5.73 Å². The summed E-state index contributed by atoms with van der Waals surface area (Å²) in [5.74, 6) is -1.24. The van der Waals surface area contributed by atoms with E-state index in [0.29, 0.717) is 11.1 Å². The maximum Gasteiger partial charge on any atom is 0.461 e. The number of hydrazone groups is 1. The van der Waals surface area contributed by atoms with Gasteiger partial charge in [0.2, 0.25) is 5.96 Å². The van der Waals surface area contributed by atoms with Gasteiger partial charge in [-0.15, -0.1) is 5.10 Å². The first-order chi connectivity index (χ1) is 15.9. The van der Waals surface area contributed by atoms with Crippen molar-refractivity contribution < 1.29 is 44.6 Å². The predicted octanol–water partition coefficient (Wildman–Crippen LogP) is 4.43. The monoisotopic (exact) mass is 497 g/mol. The third-order valence-electron chi connectivity index (χ3n) is 3.54. The van der Waals surface area contributed by atoms with Crippen molar-refractivity contribution in [1.82, 2.24) is 5.43 Å². The molecule has 0 aromatic heterocycles. The number of hydrogen-bond donors (Lipinski definition) is 2. The highest BCUT2D eigenvalue weighted by atomic mass is 19.3. The number of benzene rings is 2. The molecule has 0 fully saturated rings. The molecule has 0 radical (unpaired) electrons. The number of ether oxygens (including phenoxy) is 2. The van der Waals surface area contributed by atoms with Gasteiger partial charge in [0.25, 0.3) is 0 Å². The van der Waals surface area contributed by atoms with Crippen LogP contribution in [0.1, 0.15) is 11.1 Å². The Balaban J connectivity index is 1.86. The topological polar surface area (TPSA) is 93.6 Å². The molecule has 34 heavy (non-hydrogen) atoms. The standard InChI is InChI=1S/C19H15F8N5O2/c20-15(21)18(24,25)33-13-5-1-11(2-6-13)9-29-31-17(28)32-30-10-12-3-7-14(8-4-12)34-19(26,27)16(22)23/h1-10,15-16H,(H3,28,31,32)/b29-9+,30-10+. The van der Waals surface area contributed by atoms with Crippen LogP contribution in [0.3, 0.4) is 0 Å². The van der Waals surface area contributed by atoms with Crippen molar-refractivity contribution in [2.75, 3.05) is 0 Å². The van der Waals surface area contributed by atoms with Crippen LogP contribution in [-0.2, 0) is 0 Å². The van der Waals surface area contributed by atoms with Crippen molar-refractivity contribution >= 4 is 18.4 Å². The molecule has 184 valence electrons. The fourth-order valence-corrected chi connectivity index (χ4v) is 2.00. The Hall–Kier alpha value is -3.91. The number of rotatable bonds is 10. The molecule has 0 atom stereocenters. The summed E-state index contributed by atoms with van der Waals surface area (Å²) >= 11 is 0. The van der Waals surface area contributed by atoms with Crippen molar-refractivity contribution in [3.63, 3.8) is 0 Å². The van der Waals surface area contributed by atoms with Gasteiger partial charge in [0.05, 0.1) is 12.4 Å². The maximum absolute atomic E-state index is 12.8. The van der Waals surface area contributed by atoms with Gasteiger partial charge in [-0.05, 0) is 59.7 Å². The van der Waals surface area contributed by atoms with Crippen LogP contribution >= 0.6 is 0 Å². The molecular formula is C19H15F8N5O2. The van der Waals surface area contributed by atoms with Gasteiger partial charge in [0, 0.05) is 0 Å². The number of nitrogens with one attached hydrogen (secondary N) is 1. The number of guanidine groups is 1. The Kier molecular flexibility index (Phi) is 8.75. The minimum atomic E-state index is -4.63. The van der Waals surface area contributed by atoms with Gasteiger partial charge < -0.3 is 15.2 Å². The highest BCUT2D eigenvalue weighted by molar-refractivity contribution is 5.84. The summed E-state index contributed by atoms with van der Waals surface area (Å²) in [6, 6.07) is 9.14. The first kappa shape index (κ1) is 26.3. The van der Waals surface area contributed by atoms with Gasteiger partial charge in [-0.3, -0.25) is 0 Å². The molecule has 2 aromatic carbocycles. The van der Waals surface area contributed by atoms with Gasteiger partial charge >= 0.3 is 25.1 Å². The first-order valence-electron chi connectivity index (χ1n) is 8.95. The van der Waals surface area contributed by atoms with Gasteiger partial charge in [-0.1, -0.05) is 0 Å². The zero-order valence-corrected chi connectivity index (χ0v) is 16.7. The van der Waals surface area contributed by atoms with E-state index in [1.165, 1.54) is 36.7 Å². The zero-order chi connectivity index (χ0) is 25.4. The molecule has 7 nitrogen and oxygen atoms in total. The zero-order valence-electron chi connectivity index (χ0n) is 16.7. The Morgan fingerprint density at radius 3 is 1.59 bits per heavy atom. The minimum Gasteiger partial charge on any atom is -0.428 e. The summed E-state index contributed by atoms with van der Waals surface area (Å²) in [5.41, 5.74) is 8.52. The van der Waals surface area contributed by atoms with Crippen molar-refractivity contribution in [1.29, 1.82) is 0 Å². The van der Waals surface area contributed by atoms with Crippen molar-refractivity contribution in [2.45, 2.75) is 25.1 Å². The van der Waals surface area contributed by atoms with Crippen LogP contribution in [0.4, 0.5) is 35.1 Å². The van der Waals surface area contributed by atoms with Crippen LogP contribution < -0.4 is 20.6 Å². The highest BCUT2D eigenvalue weighted by Gasteiger charge is 2.44. The molecule has 0 spiro atoms. The molecule has 0 unspecified atom stereocenters. The molecule has 0 aliphatic carbocycles. The SMILES string of the molecule is N/C(=N\N=C\c1ccc(OC(F)(F)C(F)F)cc1)N/N=C/c1ccc(OC(F)(F)C(F)F)cc1. The smallest absolute Gasteiger partial charge is 0.428 e. The molecule has 0 bridgehead atoms. The minimum absolute atomic E-state index is 0.277. The molecule has 0 saturated heterocycles. The van der Waals surface area contributed by atoms with Gasteiger partial charge in [-0.2, -0.15) is 45.3 Å². The van der Waals surface area contributed by atoms with Crippen LogP contribution in [0, 0.1) is 0 Å². The molecule has 2 rings (SSSR count). The van der Waals surface area contributed by atoms with E-state index in [0.717, 1.165) is 24.3 Å². The number of nitrogens with two attached hydrogens (primary N) is 1. The van der Waals surface area contributed by atoms with E-state index in [9.17, 15) is 35.1 Å². The second-order valence-electron chi connectivity index (χ2n) is 6.17. The number of nitrogens with zero attached hydrogens (tertiary/aromatic N) is 3. The fraction of sp³-hybridized carbons (Fsp3) is 0.211. The lowest BCUT2D eigenvalue weighted by Crippen LogP contribution is -2.33. The Labute approximate surface area is 186 Å². The van der Waals surface area contributed by atoms with Gasteiger partial charge in [-0.25, -0.2) is 5.43 Å². The quantitative estimate of drug-likeness (QED) is 0.220.